The highest BCUT2D eigenvalue weighted by atomic mass is 16.6. The molecule has 5 heteroatoms. The first-order valence-electron chi connectivity index (χ1n) is 5.74. The maximum atomic E-state index is 12.2. The Bertz CT molecular complexity index is 476. The van der Waals surface area contributed by atoms with E-state index in [0.717, 1.165) is 0 Å². The van der Waals surface area contributed by atoms with Gasteiger partial charge < -0.3 is 9.84 Å². The average Bonchev–Trinajstić information content (AvgIpc) is 2.54. The number of aliphatic hydroxyl groups is 1. The molecule has 2 aliphatic rings. The molecule has 1 aliphatic heterocycles. The summed E-state index contributed by atoms with van der Waals surface area (Å²) in [6.07, 6.45) is 3.34. The third kappa shape index (κ3) is 1.40. The molecule has 1 heterocycles. The first-order valence-corrected chi connectivity index (χ1v) is 5.74. The molecule has 0 amide bonds. The van der Waals surface area contributed by atoms with Crippen LogP contribution in [0.15, 0.2) is 24.3 Å². The van der Waals surface area contributed by atoms with E-state index in [1.807, 2.05) is 0 Å². The number of ether oxygens (including phenoxy) is 1. The molecule has 0 aromatic carbocycles. The van der Waals surface area contributed by atoms with Crippen LogP contribution in [0.25, 0.3) is 0 Å². The summed E-state index contributed by atoms with van der Waals surface area (Å²) in [6.45, 7) is 3.18. The lowest BCUT2D eigenvalue weighted by molar-refractivity contribution is -0.160. The Morgan fingerprint density at radius 3 is 2.56 bits per heavy atom. The normalized spacial score (nSPS) is 39.9. The molecular formula is C13H14O5. The minimum Gasteiger partial charge on any atom is -0.454 e. The number of hydrogen-bond donors (Lipinski definition) is 1. The Balaban J connectivity index is 2.62. The number of carbonyl (C=O) groups is 3. The average molecular weight is 250 g/mol. The van der Waals surface area contributed by atoms with E-state index in [0.29, 0.717) is 0 Å². The molecule has 1 N–H and O–H groups in total. The maximum Gasteiger partial charge on any atom is 0.324 e. The van der Waals surface area contributed by atoms with Crippen LogP contribution >= 0.6 is 0 Å². The topological polar surface area (TPSA) is 80.7 Å². The highest BCUT2D eigenvalue weighted by Gasteiger charge is 2.65. The molecule has 0 bridgehead atoms. The second-order valence-electron chi connectivity index (χ2n) is 4.50. The van der Waals surface area contributed by atoms with Gasteiger partial charge >= 0.3 is 5.97 Å². The number of esters is 1. The number of cyclic esters (lactones) is 1. The second-order valence-corrected chi connectivity index (χ2v) is 4.50. The van der Waals surface area contributed by atoms with Crippen molar-refractivity contribution in [1.29, 1.82) is 0 Å². The molecule has 0 saturated carbocycles. The Morgan fingerprint density at radius 1 is 1.39 bits per heavy atom. The van der Waals surface area contributed by atoms with Crippen molar-refractivity contribution in [2.24, 2.45) is 11.3 Å². The largest absolute Gasteiger partial charge is 0.454 e. The maximum absolute atomic E-state index is 12.2. The number of rotatable bonds is 1. The summed E-state index contributed by atoms with van der Waals surface area (Å²) >= 11 is 0. The van der Waals surface area contributed by atoms with Gasteiger partial charge in [-0.05, 0) is 19.9 Å². The number of carbonyl (C=O) groups excluding carboxylic acids is 3. The van der Waals surface area contributed by atoms with Crippen LogP contribution < -0.4 is 0 Å². The van der Waals surface area contributed by atoms with Gasteiger partial charge in [-0.25, -0.2) is 0 Å². The molecule has 2 rings (SSSR count). The Hall–Kier alpha value is -1.75. The van der Waals surface area contributed by atoms with Gasteiger partial charge in [0.25, 0.3) is 0 Å². The lowest BCUT2D eigenvalue weighted by atomic mass is 9.64. The predicted octanol–water partition coefficient (Wildman–Crippen LogP) is 0.179. The first kappa shape index (κ1) is 12.7. The van der Waals surface area contributed by atoms with Crippen LogP contribution in [0.3, 0.4) is 0 Å². The van der Waals surface area contributed by atoms with Gasteiger partial charge in [0.1, 0.15) is 6.10 Å². The molecule has 0 radical (unpaired) electrons. The number of Topliss-reactive ketones (excluding diaryl/α,β-unsaturated/α-hetero) is 1. The van der Waals surface area contributed by atoms with Gasteiger partial charge in [0, 0.05) is 5.92 Å². The Labute approximate surface area is 104 Å². The molecule has 1 aliphatic carbocycles. The zero-order valence-electron chi connectivity index (χ0n) is 10.1. The second kappa shape index (κ2) is 4.17. The SMILES string of the molecule is CC=CC1C=CC(=O)C(O)C12C(=O)OC(C)C2=O. The van der Waals surface area contributed by atoms with Crippen LogP contribution in [0.5, 0.6) is 0 Å². The van der Waals surface area contributed by atoms with E-state index >= 15 is 0 Å². The van der Waals surface area contributed by atoms with Crippen molar-refractivity contribution < 1.29 is 24.2 Å². The van der Waals surface area contributed by atoms with E-state index in [1.165, 1.54) is 19.1 Å². The fourth-order valence-corrected chi connectivity index (χ4v) is 2.57. The van der Waals surface area contributed by atoms with E-state index < -0.39 is 41.1 Å². The summed E-state index contributed by atoms with van der Waals surface area (Å²) in [7, 11) is 0. The lowest BCUT2D eigenvalue weighted by Crippen LogP contribution is -2.55. The van der Waals surface area contributed by atoms with E-state index in [1.54, 1.807) is 19.1 Å². The summed E-state index contributed by atoms with van der Waals surface area (Å²) in [6, 6.07) is 0. The lowest BCUT2D eigenvalue weighted by Gasteiger charge is -2.34. The predicted molar refractivity (Wildman–Crippen MR) is 61.5 cm³/mol. The highest BCUT2D eigenvalue weighted by molar-refractivity contribution is 6.17. The number of hydrogen-bond acceptors (Lipinski definition) is 5. The molecule has 1 saturated heterocycles. The number of ketones is 2. The van der Waals surface area contributed by atoms with E-state index in [-0.39, 0.29) is 0 Å². The summed E-state index contributed by atoms with van der Waals surface area (Å²) in [5.41, 5.74) is -1.81. The van der Waals surface area contributed by atoms with Crippen molar-refractivity contribution in [3.63, 3.8) is 0 Å². The summed E-state index contributed by atoms with van der Waals surface area (Å²) in [5, 5.41) is 10.0. The van der Waals surface area contributed by atoms with Gasteiger partial charge in [-0.3, -0.25) is 14.4 Å². The fourth-order valence-electron chi connectivity index (χ4n) is 2.57. The smallest absolute Gasteiger partial charge is 0.324 e. The fraction of sp³-hybridized carbons (Fsp3) is 0.462. The Morgan fingerprint density at radius 2 is 2.06 bits per heavy atom. The van der Waals surface area contributed by atoms with Crippen LogP contribution in [0, 0.1) is 11.3 Å². The molecule has 5 nitrogen and oxygen atoms in total. The van der Waals surface area contributed by atoms with Crippen LogP contribution in [0.4, 0.5) is 0 Å². The van der Waals surface area contributed by atoms with Crippen molar-refractivity contribution in [2.45, 2.75) is 26.1 Å². The quantitative estimate of drug-likeness (QED) is 0.408. The number of aliphatic hydroxyl groups excluding tert-OH is 1. The van der Waals surface area contributed by atoms with E-state index in [4.69, 9.17) is 4.74 Å². The molecule has 0 aromatic heterocycles. The third-order valence-corrected chi connectivity index (χ3v) is 3.49. The number of allylic oxidation sites excluding steroid dienone is 3. The Kier molecular flexibility index (Phi) is 2.94. The molecule has 18 heavy (non-hydrogen) atoms. The third-order valence-electron chi connectivity index (χ3n) is 3.49. The molecular weight excluding hydrogens is 236 g/mol. The molecule has 1 fully saturated rings. The molecule has 1 spiro atoms. The van der Waals surface area contributed by atoms with Crippen LogP contribution in [-0.2, 0) is 19.1 Å². The van der Waals surface area contributed by atoms with E-state index in [9.17, 15) is 19.5 Å². The van der Waals surface area contributed by atoms with Gasteiger partial charge in [0.15, 0.2) is 23.1 Å². The van der Waals surface area contributed by atoms with Crippen molar-refractivity contribution in [3.05, 3.63) is 24.3 Å². The van der Waals surface area contributed by atoms with Crippen LogP contribution in [-0.4, -0.2) is 34.9 Å². The minimum absolute atomic E-state index is 0.541. The van der Waals surface area contributed by atoms with Crippen molar-refractivity contribution in [2.75, 3.05) is 0 Å². The molecule has 0 aromatic rings. The zero-order chi connectivity index (χ0) is 13.5. The monoisotopic (exact) mass is 250 g/mol. The summed E-state index contributed by atoms with van der Waals surface area (Å²) < 4.78 is 4.89. The molecule has 96 valence electrons. The van der Waals surface area contributed by atoms with Crippen molar-refractivity contribution in [3.8, 4) is 0 Å². The zero-order valence-corrected chi connectivity index (χ0v) is 10.1. The first-order chi connectivity index (χ1) is 8.46. The van der Waals surface area contributed by atoms with Crippen LogP contribution in [0.1, 0.15) is 13.8 Å². The van der Waals surface area contributed by atoms with Crippen LogP contribution in [0.2, 0.25) is 0 Å². The van der Waals surface area contributed by atoms with Crippen molar-refractivity contribution in [1.82, 2.24) is 0 Å². The van der Waals surface area contributed by atoms with Gasteiger partial charge in [0.2, 0.25) is 0 Å². The minimum atomic E-state index is -1.81. The van der Waals surface area contributed by atoms with Gasteiger partial charge in [0.05, 0.1) is 0 Å². The summed E-state index contributed by atoms with van der Waals surface area (Å²) in [4.78, 5) is 35.8. The van der Waals surface area contributed by atoms with E-state index in [2.05, 4.69) is 0 Å². The van der Waals surface area contributed by atoms with Gasteiger partial charge in [-0.15, -0.1) is 0 Å². The summed E-state index contributed by atoms with van der Waals surface area (Å²) in [5.74, 6) is -2.66. The van der Waals surface area contributed by atoms with Crippen molar-refractivity contribution >= 4 is 17.5 Å². The van der Waals surface area contributed by atoms with Gasteiger partial charge in [-0.1, -0.05) is 18.2 Å². The standard InChI is InChI=1S/C13H14O5/c1-3-4-8-5-6-9(14)11(16)13(8)10(15)7(2)18-12(13)17/h3-8,11,16H,1-2H3. The molecule has 4 atom stereocenters. The molecule has 4 unspecified atom stereocenters. The highest BCUT2D eigenvalue weighted by Crippen LogP contribution is 2.45. The van der Waals surface area contributed by atoms with Gasteiger partial charge in [-0.2, -0.15) is 0 Å².